The van der Waals surface area contributed by atoms with Crippen molar-refractivity contribution in [2.75, 3.05) is 17.0 Å². The van der Waals surface area contributed by atoms with Crippen LogP contribution in [0.3, 0.4) is 0 Å². The first kappa shape index (κ1) is 19.1. The summed E-state index contributed by atoms with van der Waals surface area (Å²) in [5.41, 5.74) is 13.2. The third kappa shape index (κ3) is 3.27. The molecule has 1 aliphatic rings. The molecular weight excluding hydrogens is 366 g/mol. The normalized spacial score (nSPS) is 13.1. The van der Waals surface area contributed by atoms with Crippen LogP contribution in [0.1, 0.15) is 37.8 Å². The van der Waals surface area contributed by atoms with E-state index in [1.165, 1.54) is 32.1 Å². The summed E-state index contributed by atoms with van der Waals surface area (Å²) in [6.45, 7) is 7.82. The molecule has 0 atom stereocenters. The molecule has 7 heteroatoms. The van der Waals surface area contributed by atoms with Gasteiger partial charge in [0.1, 0.15) is 0 Å². The Balaban J connectivity index is 1.67. The molecule has 29 heavy (non-hydrogen) atoms. The summed E-state index contributed by atoms with van der Waals surface area (Å²) in [7, 11) is 1.56. The third-order valence-corrected chi connectivity index (χ3v) is 5.49. The lowest BCUT2D eigenvalue weighted by atomic mass is 9.90. The molecule has 2 heterocycles. The van der Waals surface area contributed by atoms with Crippen LogP contribution in [0.2, 0.25) is 0 Å². The van der Waals surface area contributed by atoms with Gasteiger partial charge in [-0.2, -0.15) is 0 Å². The fraction of sp³-hybridized carbons (Fsp3) is 0.318. The molecule has 0 fully saturated rings. The van der Waals surface area contributed by atoms with Gasteiger partial charge in [0.25, 0.3) is 0 Å². The average molecular weight is 393 g/mol. The highest BCUT2D eigenvalue weighted by atomic mass is 16.3. The number of rotatable bonds is 5. The maximum Gasteiger partial charge on any atom is 0.331 e. The minimum atomic E-state index is -0.230. The van der Waals surface area contributed by atoms with Gasteiger partial charge in [-0.15, -0.1) is 5.53 Å². The zero-order valence-electron chi connectivity index (χ0n) is 17.2. The molecule has 4 rings (SSSR count). The first-order valence-electron chi connectivity index (χ1n) is 9.91. The van der Waals surface area contributed by atoms with Crippen molar-refractivity contribution in [2.24, 2.45) is 7.05 Å². The zero-order chi connectivity index (χ0) is 20.7. The summed E-state index contributed by atoms with van der Waals surface area (Å²) in [6.07, 6.45) is 1.46. The van der Waals surface area contributed by atoms with E-state index in [1.807, 2.05) is 12.1 Å². The minimum absolute atomic E-state index is 0.0337. The van der Waals surface area contributed by atoms with Crippen molar-refractivity contribution >= 4 is 11.4 Å². The highest BCUT2D eigenvalue weighted by molar-refractivity contribution is 5.85. The van der Waals surface area contributed by atoms with Crippen molar-refractivity contribution in [1.82, 2.24) is 14.7 Å². The summed E-state index contributed by atoms with van der Waals surface area (Å²) < 4.78 is 2.74. The van der Waals surface area contributed by atoms with Gasteiger partial charge in [0, 0.05) is 13.6 Å². The van der Waals surface area contributed by atoms with Crippen LogP contribution in [0.5, 0.6) is 5.88 Å². The van der Waals surface area contributed by atoms with Gasteiger partial charge in [-0.25, -0.2) is 4.79 Å². The second-order valence-electron chi connectivity index (χ2n) is 7.71. The highest BCUT2D eigenvalue weighted by Gasteiger charge is 2.24. The number of hydrazine groups is 2. The predicted octanol–water partition coefficient (Wildman–Crippen LogP) is 3.40. The Bertz CT molecular complexity index is 1100. The zero-order valence-corrected chi connectivity index (χ0v) is 17.2. The molecule has 0 spiro atoms. The molecule has 1 aromatic heterocycles. The van der Waals surface area contributed by atoms with Crippen molar-refractivity contribution in [3.63, 3.8) is 0 Å². The fourth-order valence-corrected chi connectivity index (χ4v) is 3.92. The summed E-state index contributed by atoms with van der Waals surface area (Å²) in [4.78, 5) is 12.1. The van der Waals surface area contributed by atoms with Crippen LogP contribution >= 0.6 is 0 Å². The van der Waals surface area contributed by atoms with E-state index in [9.17, 15) is 9.90 Å². The van der Waals surface area contributed by atoms with Crippen molar-refractivity contribution in [3.05, 3.63) is 64.2 Å². The van der Waals surface area contributed by atoms with Crippen LogP contribution < -0.4 is 21.7 Å². The number of hydrogen-bond donors (Lipinski definition) is 3. The largest absolute Gasteiger partial charge is 0.493 e. The Kier molecular flexibility index (Phi) is 4.84. The van der Waals surface area contributed by atoms with Gasteiger partial charge < -0.3 is 10.5 Å². The molecule has 0 bridgehead atoms. The van der Waals surface area contributed by atoms with Gasteiger partial charge in [0.2, 0.25) is 5.88 Å². The SMILES string of the molecule is CCN1NNc2c1ccc(-c1ccc(Cn3cc(O)n(C)c3=O)cc1)c2C(C)C. The maximum atomic E-state index is 12.1. The number of aromatic nitrogens is 2. The fourth-order valence-electron chi connectivity index (χ4n) is 3.92. The topological polar surface area (TPSA) is 74.5 Å². The number of aromatic hydroxyl groups is 1. The lowest BCUT2D eigenvalue weighted by molar-refractivity contribution is 0.429. The maximum absolute atomic E-state index is 12.1. The Morgan fingerprint density at radius 1 is 1.10 bits per heavy atom. The van der Waals surface area contributed by atoms with Crippen LogP contribution in [-0.4, -0.2) is 20.8 Å². The quantitative estimate of drug-likeness (QED) is 0.620. The second kappa shape index (κ2) is 7.33. The first-order chi connectivity index (χ1) is 13.9. The number of anilines is 2. The van der Waals surface area contributed by atoms with Crippen molar-refractivity contribution in [1.29, 1.82) is 0 Å². The molecule has 3 N–H and O–H groups in total. The molecule has 0 saturated heterocycles. The smallest absolute Gasteiger partial charge is 0.331 e. The number of hydrogen-bond acceptors (Lipinski definition) is 5. The monoisotopic (exact) mass is 393 g/mol. The van der Waals surface area contributed by atoms with E-state index in [2.05, 4.69) is 61.0 Å². The van der Waals surface area contributed by atoms with Gasteiger partial charge in [-0.05, 0) is 41.2 Å². The Labute approximate surface area is 170 Å². The molecule has 0 unspecified atom stereocenters. The van der Waals surface area contributed by atoms with Crippen LogP contribution in [-0.2, 0) is 13.6 Å². The van der Waals surface area contributed by atoms with E-state index in [0.29, 0.717) is 12.5 Å². The molecule has 0 saturated carbocycles. The average Bonchev–Trinajstić information content (AvgIpc) is 3.24. The van der Waals surface area contributed by atoms with Gasteiger partial charge in [-0.3, -0.25) is 14.1 Å². The van der Waals surface area contributed by atoms with Crippen molar-refractivity contribution in [3.8, 4) is 17.0 Å². The van der Waals surface area contributed by atoms with Crippen LogP contribution in [0, 0.1) is 0 Å². The van der Waals surface area contributed by atoms with Gasteiger partial charge in [0.15, 0.2) is 0 Å². The van der Waals surface area contributed by atoms with Gasteiger partial charge >= 0.3 is 5.69 Å². The lowest BCUT2D eigenvalue weighted by Crippen LogP contribution is -2.35. The lowest BCUT2D eigenvalue weighted by Gasteiger charge is -2.19. The van der Waals surface area contributed by atoms with Crippen LogP contribution in [0.25, 0.3) is 11.1 Å². The second-order valence-corrected chi connectivity index (χ2v) is 7.71. The van der Waals surface area contributed by atoms with E-state index in [1.54, 1.807) is 7.05 Å². The van der Waals surface area contributed by atoms with E-state index in [-0.39, 0.29) is 11.6 Å². The minimum Gasteiger partial charge on any atom is -0.493 e. The van der Waals surface area contributed by atoms with E-state index >= 15 is 0 Å². The predicted molar refractivity (Wildman–Crippen MR) is 116 cm³/mol. The van der Waals surface area contributed by atoms with Crippen LogP contribution in [0.15, 0.2) is 47.4 Å². The van der Waals surface area contributed by atoms with Crippen LogP contribution in [0.4, 0.5) is 11.4 Å². The number of nitrogens with zero attached hydrogens (tertiary/aromatic N) is 3. The summed E-state index contributed by atoms with van der Waals surface area (Å²) >= 11 is 0. The number of nitrogens with one attached hydrogen (secondary N) is 2. The van der Waals surface area contributed by atoms with E-state index < -0.39 is 0 Å². The Morgan fingerprint density at radius 3 is 2.41 bits per heavy atom. The Hall–Kier alpha value is -3.19. The molecule has 2 aromatic carbocycles. The standard InChI is InChI=1S/C22H27N5O2/c1-5-27-18-11-10-17(20(14(2)3)21(18)23-24-27)16-8-6-15(7-9-16)12-26-13-19(28)25(4)22(26)29/h6-11,13-14,23-24,28H,5,12H2,1-4H3. The molecule has 0 amide bonds. The molecule has 0 aliphatic carbocycles. The van der Waals surface area contributed by atoms with E-state index in [0.717, 1.165) is 23.4 Å². The number of benzene rings is 2. The summed E-state index contributed by atoms with van der Waals surface area (Å²) in [5.74, 6) is 0.324. The van der Waals surface area contributed by atoms with Gasteiger partial charge in [-0.1, -0.05) is 44.2 Å². The molecule has 152 valence electrons. The molecule has 3 aromatic rings. The van der Waals surface area contributed by atoms with Crippen molar-refractivity contribution < 1.29 is 5.11 Å². The highest BCUT2D eigenvalue weighted by Crippen LogP contribution is 2.42. The van der Waals surface area contributed by atoms with E-state index in [4.69, 9.17) is 0 Å². The number of imidazole rings is 1. The number of fused-ring (bicyclic) bond motifs is 1. The summed E-state index contributed by atoms with van der Waals surface area (Å²) in [5, 5.41) is 11.8. The molecule has 0 radical (unpaired) electrons. The molecule has 7 nitrogen and oxygen atoms in total. The third-order valence-electron chi connectivity index (χ3n) is 5.49. The Morgan fingerprint density at radius 2 is 1.83 bits per heavy atom. The van der Waals surface area contributed by atoms with Crippen molar-refractivity contribution in [2.45, 2.75) is 33.2 Å². The van der Waals surface area contributed by atoms with Gasteiger partial charge in [0.05, 0.1) is 24.1 Å². The summed E-state index contributed by atoms with van der Waals surface area (Å²) in [6, 6.07) is 12.6. The first-order valence-corrected chi connectivity index (χ1v) is 9.91. The molecule has 1 aliphatic heterocycles. The molecular formula is C22H27N5O2.